The van der Waals surface area contributed by atoms with Crippen LogP contribution in [-0.2, 0) is 9.53 Å². The molecule has 0 fully saturated rings. The summed E-state index contributed by atoms with van der Waals surface area (Å²) in [5, 5.41) is -0.161. The van der Waals surface area contributed by atoms with Gasteiger partial charge in [-0.3, -0.25) is 4.79 Å². The van der Waals surface area contributed by atoms with Gasteiger partial charge in [0.25, 0.3) is 0 Å². The number of halogens is 7. The Morgan fingerprint density at radius 1 is 0.844 bits per heavy atom. The Hall–Kier alpha value is -3.21. The van der Waals surface area contributed by atoms with Gasteiger partial charge >= 0.3 is 18.7 Å². The van der Waals surface area contributed by atoms with Crippen molar-refractivity contribution in [2.75, 3.05) is 6.61 Å². The molecule has 0 amide bonds. The summed E-state index contributed by atoms with van der Waals surface area (Å²) >= 11 is 5.67. The second-order valence-corrected chi connectivity index (χ2v) is 5.97. The van der Waals surface area contributed by atoms with E-state index in [4.69, 9.17) is 11.6 Å². The fraction of sp³-hybridized carbons (Fsp3) is 0.200. The molecule has 0 aliphatic heterocycles. The predicted octanol–water partition coefficient (Wildman–Crippen LogP) is 6.13. The summed E-state index contributed by atoms with van der Waals surface area (Å²) in [5.41, 5.74) is 0.752. The zero-order chi connectivity index (χ0) is 24.4. The van der Waals surface area contributed by atoms with Crippen LogP contribution in [0.5, 0.6) is 11.5 Å². The minimum atomic E-state index is -4.74. The van der Waals surface area contributed by atoms with Crippen LogP contribution in [0.1, 0.15) is 22.8 Å². The molecule has 174 valence electrons. The molecule has 0 spiro atoms. The highest BCUT2D eigenvalue weighted by Gasteiger charge is 2.31. The number of ether oxygens (including phenoxy) is 3. The average molecular weight is 485 g/mol. The van der Waals surface area contributed by atoms with Gasteiger partial charge in [0.2, 0.25) is 0 Å². The predicted molar refractivity (Wildman–Crippen MR) is 102 cm³/mol. The van der Waals surface area contributed by atoms with Gasteiger partial charge in [0.05, 0.1) is 6.61 Å². The molecular formula is C20H15ClF6O5. The molecule has 32 heavy (non-hydrogen) atoms. The highest BCUT2D eigenvalue weighted by molar-refractivity contribution is 6.43. The maximum atomic E-state index is 11.9. The monoisotopic (exact) mass is 484 g/mol. The molecule has 0 heterocycles. The average Bonchev–Trinajstić information content (AvgIpc) is 2.68. The Labute approximate surface area is 183 Å². The number of esters is 1. The van der Waals surface area contributed by atoms with Crippen LogP contribution < -0.4 is 9.47 Å². The van der Waals surface area contributed by atoms with Gasteiger partial charge in [0.15, 0.2) is 0 Å². The fourth-order valence-electron chi connectivity index (χ4n) is 1.92. The number of alkyl halides is 6. The maximum Gasteiger partial charge on any atom is 0.573 e. The van der Waals surface area contributed by atoms with Crippen LogP contribution in [0.3, 0.4) is 0 Å². The first-order valence-electron chi connectivity index (χ1n) is 8.54. The Balaban J connectivity index is 0.000000343. The van der Waals surface area contributed by atoms with Gasteiger partial charge in [-0.1, -0.05) is 23.7 Å². The van der Waals surface area contributed by atoms with Crippen molar-refractivity contribution in [1.82, 2.24) is 0 Å². The van der Waals surface area contributed by atoms with Crippen molar-refractivity contribution >= 4 is 29.9 Å². The van der Waals surface area contributed by atoms with E-state index in [1.54, 1.807) is 6.92 Å². The van der Waals surface area contributed by atoms with Crippen LogP contribution in [0.2, 0.25) is 0 Å². The van der Waals surface area contributed by atoms with Crippen LogP contribution >= 0.6 is 11.6 Å². The molecule has 2 aromatic rings. The zero-order valence-electron chi connectivity index (χ0n) is 16.2. The topological polar surface area (TPSA) is 61.8 Å². The first-order chi connectivity index (χ1) is 14.8. The minimum Gasteiger partial charge on any atom is -0.462 e. The Bertz CT molecular complexity index is 906. The lowest BCUT2D eigenvalue weighted by Crippen LogP contribution is -2.17. The smallest absolute Gasteiger partial charge is 0.462 e. The van der Waals surface area contributed by atoms with E-state index >= 15 is 0 Å². The summed E-state index contributed by atoms with van der Waals surface area (Å²) in [4.78, 5) is 21.3. The number of aldehydes is 1. The van der Waals surface area contributed by atoms with Gasteiger partial charge in [-0.25, -0.2) is 4.79 Å². The van der Waals surface area contributed by atoms with E-state index in [1.807, 2.05) is 0 Å². The molecule has 0 saturated carbocycles. The molecule has 12 heteroatoms. The molecule has 0 aromatic heterocycles. The van der Waals surface area contributed by atoms with E-state index in [2.05, 4.69) is 14.2 Å². The first kappa shape index (κ1) is 26.8. The summed E-state index contributed by atoms with van der Waals surface area (Å²) < 4.78 is 82.6. The van der Waals surface area contributed by atoms with E-state index in [1.165, 1.54) is 30.3 Å². The maximum absolute atomic E-state index is 11.9. The third kappa shape index (κ3) is 11.3. The molecule has 0 saturated heterocycles. The van der Waals surface area contributed by atoms with Crippen LogP contribution in [0.4, 0.5) is 26.3 Å². The molecule has 0 radical (unpaired) electrons. The summed E-state index contributed by atoms with van der Waals surface area (Å²) in [6.07, 6.45) is -7.60. The van der Waals surface area contributed by atoms with Gasteiger partial charge in [-0.2, -0.15) is 0 Å². The van der Waals surface area contributed by atoms with Gasteiger partial charge < -0.3 is 14.2 Å². The number of benzene rings is 2. The fourth-order valence-corrected chi connectivity index (χ4v) is 2.10. The molecule has 2 aromatic carbocycles. The number of hydrogen-bond donors (Lipinski definition) is 0. The van der Waals surface area contributed by atoms with Crippen molar-refractivity contribution < 1.29 is 50.1 Å². The third-order valence-electron chi connectivity index (χ3n) is 3.13. The van der Waals surface area contributed by atoms with E-state index in [0.717, 1.165) is 24.3 Å². The van der Waals surface area contributed by atoms with Crippen LogP contribution in [-0.4, -0.2) is 31.6 Å². The summed E-state index contributed by atoms with van der Waals surface area (Å²) in [5.74, 6) is -1.38. The molecule has 0 N–H and O–H groups in total. The largest absolute Gasteiger partial charge is 0.573 e. The molecule has 5 nitrogen and oxygen atoms in total. The quantitative estimate of drug-likeness (QED) is 0.214. The standard InChI is InChI=1S/C12H10ClF3O3.C8H5F3O2/c1-2-18-11(17)10(13)7-8-3-5-9(6-4-8)19-12(14,15)16;9-8(10,11)13-7-3-1-6(5-12)2-4-7/h3-7H,2H2,1H3;1-5H/b10-7-;. The van der Waals surface area contributed by atoms with Crippen molar-refractivity contribution in [3.8, 4) is 11.5 Å². The molecular weight excluding hydrogens is 470 g/mol. The Morgan fingerprint density at radius 2 is 1.25 bits per heavy atom. The second kappa shape index (κ2) is 12.0. The van der Waals surface area contributed by atoms with E-state index in [0.29, 0.717) is 17.4 Å². The molecule has 0 aliphatic carbocycles. The van der Waals surface area contributed by atoms with E-state index in [9.17, 15) is 35.9 Å². The number of hydrogen-bond acceptors (Lipinski definition) is 5. The van der Waals surface area contributed by atoms with Crippen LogP contribution in [0.25, 0.3) is 6.08 Å². The number of carbonyl (C=O) groups excluding carboxylic acids is 2. The summed E-state index contributed by atoms with van der Waals surface area (Å²) in [6, 6.07) is 9.56. The Morgan fingerprint density at radius 3 is 1.59 bits per heavy atom. The van der Waals surface area contributed by atoms with E-state index in [-0.39, 0.29) is 23.1 Å². The minimum absolute atomic E-state index is 0.161. The second-order valence-electron chi connectivity index (χ2n) is 5.56. The molecule has 2 rings (SSSR count). The number of carbonyl (C=O) groups is 2. The van der Waals surface area contributed by atoms with E-state index < -0.39 is 18.7 Å². The lowest BCUT2D eigenvalue weighted by molar-refractivity contribution is -0.275. The first-order valence-corrected chi connectivity index (χ1v) is 8.92. The number of rotatable bonds is 6. The van der Waals surface area contributed by atoms with Crippen molar-refractivity contribution in [2.45, 2.75) is 19.6 Å². The molecule has 0 unspecified atom stereocenters. The lowest BCUT2D eigenvalue weighted by Gasteiger charge is -2.08. The van der Waals surface area contributed by atoms with Gasteiger partial charge in [-0.15, -0.1) is 26.3 Å². The highest BCUT2D eigenvalue weighted by Crippen LogP contribution is 2.24. The highest BCUT2D eigenvalue weighted by atomic mass is 35.5. The van der Waals surface area contributed by atoms with Crippen molar-refractivity contribution in [3.63, 3.8) is 0 Å². The normalized spacial score (nSPS) is 11.7. The molecule has 0 bridgehead atoms. The lowest BCUT2D eigenvalue weighted by atomic mass is 10.2. The van der Waals surface area contributed by atoms with Crippen molar-refractivity contribution in [1.29, 1.82) is 0 Å². The van der Waals surface area contributed by atoms with Crippen LogP contribution in [0, 0.1) is 0 Å². The van der Waals surface area contributed by atoms with Crippen molar-refractivity contribution in [2.24, 2.45) is 0 Å². The Kier molecular flexibility index (Phi) is 10.0. The van der Waals surface area contributed by atoms with Gasteiger partial charge in [-0.05, 0) is 55.0 Å². The zero-order valence-corrected chi connectivity index (χ0v) is 16.9. The molecule has 0 aliphatic rings. The summed E-state index contributed by atoms with van der Waals surface area (Å²) in [6.45, 7) is 1.81. The van der Waals surface area contributed by atoms with Crippen LogP contribution in [0.15, 0.2) is 53.6 Å². The van der Waals surface area contributed by atoms with Gasteiger partial charge in [0.1, 0.15) is 22.8 Å². The third-order valence-corrected chi connectivity index (χ3v) is 3.39. The van der Waals surface area contributed by atoms with Gasteiger partial charge in [0, 0.05) is 5.56 Å². The van der Waals surface area contributed by atoms with Crippen molar-refractivity contribution in [3.05, 3.63) is 64.7 Å². The molecule has 0 atom stereocenters. The summed E-state index contributed by atoms with van der Waals surface area (Å²) in [7, 11) is 0. The SMILES string of the molecule is CCOC(=O)/C(Cl)=C/c1ccc(OC(F)(F)F)cc1.O=Cc1ccc(OC(F)(F)F)cc1.